The van der Waals surface area contributed by atoms with Gasteiger partial charge >= 0.3 is 5.97 Å². The smallest absolute Gasteiger partial charge is 0.312 e. The minimum atomic E-state index is -0.569. The van der Waals surface area contributed by atoms with Gasteiger partial charge in [-0.2, -0.15) is 0 Å². The van der Waals surface area contributed by atoms with Gasteiger partial charge in [0.2, 0.25) is 0 Å². The molecule has 3 nitrogen and oxygen atoms in total. The molecule has 32 heavy (non-hydrogen) atoms. The van der Waals surface area contributed by atoms with E-state index in [-0.39, 0.29) is 18.5 Å². The van der Waals surface area contributed by atoms with Crippen molar-refractivity contribution in [2.24, 2.45) is 5.92 Å². The van der Waals surface area contributed by atoms with Gasteiger partial charge in [-0.1, -0.05) is 90.0 Å². The minimum Gasteiger partial charge on any atom is -0.460 e. The van der Waals surface area contributed by atoms with Crippen LogP contribution in [0.1, 0.15) is 54.5 Å². The average Bonchev–Trinajstić information content (AvgIpc) is 2.72. The first kappa shape index (κ1) is 23.7. The van der Waals surface area contributed by atoms with Crippen molar-refractivity contribution in [1.82, 2.24) is 0 Å². The fourth-order valence-corrected chi connectivity index (χ4v) is 4.11. The summed E-state index contributed by atoms with van der Waals surface area (Å²) in [6, 6.07) is 26.7. The molecular formula is C29H34O3. The molecule has 0 amide bonds. The first-order chi connectivity index (χ1) is 15.2. The third-order valence-corrected chi connectivity index (χ3v) is 5.28. The Bertz CT molecular complexity index is 944. The van der Waals surface area contributed by atoms with Crippen molar-refractivity contribution in [2.75, 3.05) is 6.61 Å². The van der Waals surface area contributed by atoms with Crippen LogP contribution in [-0.2, 0) is 20.9 Å². The highest BCUT2D eigenvalue weighted by Gasteiger charge is 2.34. The summed E-state index contributed by atoms with van der Waals surface area (Å²) in [6.07, 6.45) is 0. The van der Waals surface area contributed by atoms with Crippen molar-refractivity contribution in [1.29, 1.82) is 0 Å². The first-order valence-corrected chi connectivity index (χ1v) is 11.2. The van der Waals surface area contributed by atoms with Gasteiger partial charge < -0.3 is 9.47 Å². The van der Waals surface area contributed by atoms with Crippen LogP contribution >= 0.6 is 0 Å². The summed E-state index contributed by atoms with van der Waals surface area (Å²) in [5, 5.41) is 0. The van der Waals surface area contributed by atoms with E-state index in [1.165, 1.54) is 11.1 Å². The van der Waals surface area contributed by atoms with E-state index < -0.39 is 11.5 Å². The summed E-state index contributed by atoms with van der Waals surface area (Å²) in [7, 11) is 0. The fourth-order valence-electron chi connectivity index (χ4n) is 4.11. The van der Waals surface area contributed by atoms with Gasteiger partial charge in [0.05, 0.1) is 19.1 Å². The molecule has 0 aliphatic carbocycles. The second-order valence-electron chi connectivity index (χ2n) is 9.45. The normalized spacial score (nSPS) is 12.6. The Morgan fingerprint density at radius 3 is 1.78 bits per heavy atom. The Kier molecular flexibility index (Phi) is 7.87. The lowest BCUT2D eigenvalue weighted by Gasteiger charge is -2.30. The molecule has 3 aromatic carbocycles. The molecule has 3 rings (SSSR count). The minimum absolute atomic E-state index is 0.161. The molecule has 0 heterocycles. The highest BCUT2D eigenvalue weighted by molar-refractivity contribution is 5.75. The monoisotopic (exact) mass is 430 g/mol. The Morgan fingerprint density at radius 2 is 1.31 bits per heavy atom. The highest BCUT2D eigenvalue weighted by atomic mass is 16.6. The maximum absolute atomic E-state index is 13.4. The summed E-state index contributed by atoms with van der Waals surface area (Å²) in [4.78, 5) is 13.4. The molecule has 0 bridgehead atoms. The van der Waals surface area contributed by atoms with Gasteiger partial charge in [-0.05, 0) is 51.3 Å². The summed E-state index contributed by atoms with van der Waals surface area (Å²) in [5.74, 6) is -0.868. The molecule has 0 saturated heterocycles. The number of carbonyl (C=O) groups excluding carboxylic acids is 1. The number of esters is 1. The van der Waals surface area contributed by atoms with Crippen molar-refractivity contribution in [3.05, 3.63) is 107 Å². The fraction of sp³-hybridized carbons (Fsp3) is 0.345. The SMILES string of the molecule is Cc1cc(C)cc(COCC(C(=O)OC(C)(C)C)C(c2ccccc2)c2ccccc2)c1. The van der Waals surface area contributed by atoms with E-state index >= 15 is 0 Å². The van der Waals surface area contributed by atoms with E-state index in [2.05, 4.69) is 56.3 Å². The van der Waals surface area contributed by atoms with E-state index in [9.17, 15) is 4.79 Å². The van der Waals surface area contributed by atoms with Gasteiger partial charge in [-0.25, -0.2) is 0 Å². The quantitative estimate of drug-likeness (QED) is 0.377. The predicted octanol–water partition coefficient (Wildman–Crippen LogP) is 6.61. The summed E-state index contributed by atoms with van der Waals surface area (Å²) in [6.45, 7) is 10.6. The molecule has 1 atom stereocenters. The van der Waals surface area contributed by atoms with E-state index in [0.717, 1.165) is 16.7 Å². The molecule has 0 saturated carbocycles. The molecule has 0 aliphatic rings. The molecule has 1 unspecified atom stereocenters. The van der Waals surface area contributed by atoms with Crippen molar-refractivity contribution >= 4 is 5.97 Å². The van der Waals surface area contributed by atoms with Gasteiger partial charge in [0.1, 0.15) is 5.60 Å². The summed E-state index contributed by atoms with van der Waals surface area (Å²) >= 11 is 0. The zero-order chi connectivity index (χ0) is 23.1. The van der Waals surface area contributed by atoms with E-state index in [0.29, 0.717) is 6.61 Å². The molecule has 168 valence electrons. The Balaban J connectivity index is 1.91. The van der Waals surface area contributed by atoms with Crippen LogP contribution in [0.2, 0.25) is 0 Å². The summed E-state index contributed by atoms with van der Waals surface area (Å²) in [5.41, 5.74) is 5.11. The second kappa shape index (κ2) is 10.6. The van der Waals surface area contributed by atoms with Gasteiger partial charge in [0.15, 0.2) is 0 Å². The zero-order valence-electron chi connectivity index (χ0n) is 19.8. The number of benzene rings is 3. The largest absolute Gasteiger partial charge is 0.460 e. The second-order valence-corrected chi connectivity index (χ2v) is 9.45. The first-order valence-electron chi connectivity index (χ1n) is 11.2. The van der Waals surface area contributed by atoms with Crippen LogP contribution in [0.15, 0.2) is 78.9 Å². The molecule has 0 radical (unpaired) electrons. The van der Waals surface area contributed by atoms with Crippen LogP contribution in [0.4, 0.5) is 0 Å². The van der Waals surface area contributed by atoms with Crippen molar-refractivity contribution in [3.63, 3.8) is 0 Å². The lowest BCUT2D eigenvalue weighted by Crippen LogP contribution is -2.34. The van der Waals surface area contributed by atoms with Crippen LogP contribution < -0.4 is 0 Å². The Labute approximate surface area is 192 Å². The van der Waals surface area contributed by atoms with Gasteiger partial charge in [-0.15, -0.1) is 0 Å². The third kappa shape index (κ3) is 6.80. The number of ether oxygens (including phenoxy) is 2. The third-order valence-electron chi connectivity index (χ3n) is 5.28. The number of carbonyl (C=O) groups is 1. The highest BCUT2D eigenvalue weighted by Crippen LogP contribution is 2.34. The standard InChI is InChI=1S/C29H34O3/c1-21-16-22(2)18-23(17-21)19-31-20-26(28(30)32-29(3,4)5)27(24-12-8-6-9-13-24)25-14-10-7-11-15-25/h6-18,26-27H,19-20H2,1-5H3. The van der Waals surface area contributed by atoms with Crippen LogP contribution in [0.25, 0.3) is 0 Å². The zero-order valence-corrected chi connectivity index (χ0v) is 19.8. The molecule has 0 fully saturated rings. The predicted molar refractivity (Wildman–Crippen MR) is 130 cm³/mol. The molecule has 0 aliphatic heterocycles. The number of aryl methyl sites for hydroxylation is 2. The Hall–Kier alpha value is -2.91. The average molecular weight is 431 g/mol. The van der Waals surface area contributed by atoms with E-state index in [1.807, 2.05) is 57.2 Å². The molecule has 0 N–H and O–H groups in total. The van der Waals surface area contributed by atoms with Crippen LogP contribution in [0.3, 0.4) is 0 Å². The molecule has 3 heteroatoms. The van der Waals surface area contributed by atoms with Crippen molar-refractivity contribution in [2.45, 2.75) is 52.7 Å². The van der Waals surface area contributed by atoms with E-state index in [1.54, 1.807) is 0 Å². The van der Waals surface area contributed by atoms with Crippen LogP contribution in [0, 0.1) is 19.8 Å². The molecular weight excluding hydrogens is 396 g/mol. The van der Waals surface area contributed by atoms with Gasteiger partial charge in [0.25, 0.3) is 0 Å². The van der Waals surface area contributed by atoms with Crippen molar-refractivity contribution < 1.29 is 14.3 Å². The Morgan fingerprint density at radius 1 is 0.812 bits per heavy atom. The summed E-state index contributed by atoms with van der Waals surface area (Å²) < 4.78 is 12.0. The molecule has 0 spiro atoms. The molecule has 3 aromatic rings. The maximum atomic E-state index is 13.4. The van der Waals surface area contributed by atoms with Crippen LogP contribution in [-0.4, -0.2) is 18.2 Å². The van der Waals surface area contributed by atoms with E-state index in [4.69, 9.17) is 9.47 Å². The number of rotatable bonds is 8. The maximum Gasteiger partial charge on any atom is 0.312 e. The van der Waals surface area contributed by atoms with Crippen LogP contribution in [0.5, 0.6) is 0 Å². The number of hydrogen-bond acceptors (Lipinski definition) is 3. The topological polar surface area (TPSA) is 35.5 Å². The van der Waals surface area contributed by atoms with Gasteiger partial charge in [-0.3, -0.25) is 4.79 Å². The lowest BCUT2D eigenvalue weighted by atomic mass is 9.81. The van der Waals surface area contributed by atoms with Crippen molar-refractivity contribution in [3.8, 4) is 0 Å². The number of hydrogen-bond donors (Lipinski definition) is 0. The van der Waals surface area contributed by atoms with Gasteiger partial charge in [0, 0.05) is 5.92 Å². The molecule has 0 aromatic heterocycles. The lowest BCUT2D eigenvalue weighted by molar-refractivity contribution is -0.163.